The Morgan fingerprint density at radius 2 is 1.61 bits per heavy atom. The van der Waals surface area contributed by atoms with Crippen molar-refractivity contribution in [2.45, 2.75) is 77.2 Å². The fourth-order valence-electron chi connectivity index (χ4n) is 3.80. The molecule has 0 aromatic carbocycles. The molecule has 0 bridgehead atoms. The van der Waals surface area contributed by atoms with Gasteiger partial charge in [-0.2, -0.15) is 0 Å². The molecule has 2 rings (SSSR count). The van der Waals surface area contributed by atoms with Crippen LogP contribution in [0.5, 0.6) is 0 Å². The monoisotopic (exact) mass is 250 g/mol. The van der Waals surface area contributed by atoms with Crippen molar-refractivity contribution in [1.29, 1.82) is 5.41 Å². The molecule has 0 heterocycles. The van der Waals surface area contributed by atoms with Crippen LogP contribution in [-0.2, 0) is 0 Å². The van der Waals surface area contributed by atoms with E-state index in [1.165, 1.54) is 64.2 Å². The van der Waals surface area contributed by atoms with Crippen molar-refractivity contribution in [3.63, 3.8) is 0 Å². The maximum atomic E-state index is 8.45. The van der Waals surface area contributed by atoms with Crippen molar-refractivity contribution < 1.29 is 0 Å². The fourth-order valence-corrected chi connectivity index (χ4v) is 3.80. The molecule has 2 aliphatic carbocycles. The van der Waals surface area contributed by atoms with Gasteiger partial charge in [-0.05, 0) is 44.4 Å². The second-order valence-electron chi connectivity index (χ2n) is 6.41. The molecule has 0 radical (unpaired) electrons. The minimum atomic E-state index is 0.563. The van der Waals surface area contributed by atoms with Gasteiger partial charge in [0.25, 0.3) is 0 Å². The van der Waals surface area contributed by atoms with Crippen molar-refractivity contribution in [2.75, 3.05) is 7.05 Å². The van der Waals surface area contributed by atoms with Gasteiger partial charge in [-0.3, -0.25) is 5.41 Å². The van der Waals surface area contributed by atoms with E-state index in [4.69, 9.17) is 5.41 Å². The van der Waals surface area contributed by atoms with Crippen molar-refractivity contribution in [2.24, 2.45) is 11.8 Å². The Labute approximate surface area is 113 Å². The summed E-state index contributed by atoms with van der Waals surface area (Å²) in [6, 6.07) is 0.655. The number of rotatable bonds is 3. The van der Waals surface area contributed by atoms with E-state index in [0.29, 0.717) is 12.0 Å². The molecule has 2 nitrogen and oxygen atoms in total. The summed E-state index contributed by atoms with van der Waals surface area (Å²) < 4.78 is 0. The summed E-state index contributed by atoms with van der Waals surface area (Å²) in [5.41, 5.74) is 0. The second-order valence-corrected chi connectivity index (χ2v) is 6.41. The largest absolute Gasteiger partial charge is 0.360 e. The van der Waals surface area contributed by atoms with E-state index < -0.39 is 0 Å². The van der Waals surface area contributed by atoms with E-state index >= 15 is 0 Å². The highest BCUT2D eigenvalue weighted by molar-refractivity contribution is 5.81. The van der Waals surface area contributed by atoms with Crippen LogP contribution in [0.2, 0.25) is 0 Å². The molecule has 0 spiro atoms. The molecule has 104 valence electrons. The summed E-state index contributed by atoms with van der Waals surface area (Å²) in [6.45, 7) is 2.32. The van der Waals surface area contributed by atoms with Crippen LogP contribution in [-0.4, -0.2) is 23.8 Å². The van der Waals surface area contributed by atoms with Gasteiger partial charge in [-0.25, -0.2) is 0 Å². The Bertz CT molecular complexity index is 260. The summed E-state index contributed by atoms with van der Waals surface area (Å²) >= 11 is 0. The lowest BCUT2D eigenvalue weighted by Crippen LogP contribution is -2.42. The lowest BCUT2D eigenvalue weighted by atomic mass is 9.82. The maximum absolute atomic E-state index is 8.45. The predicted molar refractivity (Wildman–Crippen MR) is 78.1 cm³/mol. The van der Waals surface area contributed by atoms with Crippen LogP contribution in [0.15, 0.2) is 0 Å². The van der Waals surface area contributed by atoms with E-state index in [9.17, 15) is 0 Å². The van der Waals surface area contributed by atoms with Crippen molar-refractivity contribution in [3.05, 3.63) is 0 Å². The quantitative estimate of drug-likeness (QED) is 0.581. The van der Waals surface area contributed by atoms with Gasteiger partial charge in [0.05, 0.1) is 5.84 Å². The van der Waals surface area contributed by atoms with Crippen LogP contribution in [0.25, 0.3) is 0 Å². The van der Waals surface area contributed by atoms with Crippen LogP contribution in [0.3, 0.4) is 0 Å². The molecule has 0 unspecified atom stereocenters. The molecule has 1 N–H and O–H groups in total. The molecule has 0 atom stereocenters. The molecule has 2 heteroatoms. The first-order chi connectivity index (χ1) is 8.72. The molecule has 2 saturated carbocycles. The molecule has 0 aromatic heterocycles. The first-order valence-electron chi connectivity index (χ1n) is 8.03. The summed E-state index contributed by atoms with van der Waals surface area (Å²) in [6.07, 6.45) is 13.3. The summed E-state index contributed by atoms with van der Waals surface area (Å²) in [4.78, 5) is 2.32. The van der Waals surface area contributed by atoms with Crippen LogP contribution in [0.4, 0.5) is 0 Å². The smallest absolute Gasteiger partial charge is 0.0989 e. The van der Waals surface area contributed by atoms with Gasteiger partial charge in [0, 0.05) is 19.0 Å². The summed E-state index contributed by atoms with van der Waals surface area (Å²) in [5.74, 6) is 2.46. The number of hydrogen-bond acceptors (Lipinski definition) is 1. The first-order valence-corrected chi connectivity index (χ1v) is 8.03. The third-order valence-corrected chi connectivity index (χ3v) is 5.31. The van der Waals surface area contributed by atoms with Crippen LogP contribution in [0.1, 0.15) is 71.1 Å². The molecular weight excluding hydrogens is 220 g/mol. The zero-order valence-corrected chi connectivity index (χ0v) is 12.3. The first kappa shape index (κ1) is 13.9. The van der Waals surface area contributed by atoms with E-state index in [1.807, 2.05) is 0 Å². The minimum Gasteiger partial charge on any atom is -0.360 e. The summed E-state index contributed by atoms with van der Waals surface area (Å²) in [5, 5.41) is 8.45. The van der Waals surface area contributed by atoms with Gasteiger partial charge >= 0.3 is 0 Å². The van der Waals surface area contributed by atoms with Gasteiger partial charge in [-0.1, -0.05) is 32.6 Å². The van der Waals surface area contributed by atoms with Gasteiger partial charge in [0.1, 0.15) is 0 Å². The SMILES string of the molecule is CCC1CCC(N(C)C(=N)C2CCCCC2)CC1. The maximum Gasteiger partial charge on any atom is 0.0989 e. The van der Waals surface area contributed by atoms with Crippen LogP contribution in [0, 0.1) is 17.2 Å². The normalized spacial score (nSPS) is 30.1. The molecule has 0 amide bonds. The second kappa shape index (κ2) is 6.58. The fraction of sp³-hybridized carbons (Fsp3) is 0.938. The van der Waals surface area contributed by atoms with Crippen LogP contribution >= 0.6 is 0 Å². The Morgan fingerprint density at radius 3 is 2.17 bits per heavy atom. The summed E-state index contributed by atoms with van der Waals surface area (Å²) in [7, 11) is 2.17. The third kappa shape index (κ3) is 3.27. The van der Waals surface area contributed by atoms with Crippen LogP contribution < -0.4 is 0 Å². The van der Waals surface area contributed by atoms with Crippen molar-refractivity contribution in [1.82, 2.24) is 4.90 Å². The highest BCUT2D eigenvalue weighted by atomic mass is 15.2. The van der Waals surface area contributed by atoms with E-state index in [-0.39, 0.29) is 0 Å². The molecule has 2 fully saturated rings. The zero-order valence-electron chi connectivity index (χ0n) is 12.3. The average molecular weight is 250 g/mol. The number of nitrogens with one attached hydrogen (secondary N) is 1. The molecule has 18 heavy (non-hydrogen) atoms. The lowest BCUT2D eigenvalue weighted by Gasteiger charge is -2.38. The Hall–Kier alpha value is -0.530. The Balaban J connectivity index is 1.83. The predicted octanol–water partition coefficient (Wildman–Crippen LogP) is 4.44. The standard InChI is InChI=1S/C16H30N2/c1-3-13-9-11-15(12-10-13)18(2)16(17)14-7-5-4-6-8-14/h13-15,17H,3-12H2,1-2H3. The Kier molecular flexibility index (Phi) is 5.08. The minimum absolute atomic E-state index is 0.563. The van der Waals surface area contributed by atoms with Gasteiger partial charge in [0.15, 0.2) is 0 Å². The average Bonchev–Trinajstić information content (AvgIpc) is 2.47. The van der Waals surface area contributed by atoms with E-state index in [0.717, 1.165) is 11.8 Å². The molecule has 0 saturated heterocycles. The number of hydrogen-bond donors (Lipinski definition) is 1. The van der Waals surface area contributed by atoms with Gasteiger partial charge in [-0.15, -0.1) is 0 Å². The van der Waals surface area contributed by atoms with E-state index in [1.54, 1.807) is 0 Å². The zero-order chi connectivity index (χ0) is 13.0. The lowest BCUT2D eigenvalue weighted by molar-refractivity contribution is 0.215. The molecular formula is C16H30N2. The van der Waals surface area contributed by atoms with Gasteiger partial charge < -0.3 is 4.90 Å². The van der Waals surface area contributed by atoms with E-state index in [2.05, 4.69) is 18.9 Å². The number of amidine groups is 1. The highest BCUT2D eigenvalue weighted by Gasteiger charge is 2.28. The van der Waals surface area contributed by atoms with Gasteiger partial charge in [0.2, 0.25) is 0 Å². The number of nitrogens with zero attached hydrogens (tertiary/aromatic N) is 1. The third-order valence-electron chi connectivity index (χ3n) is 5.31. The topological polar surface area (TPSA) is 27.1 Å². The Morgan fingerprint density at radius 1 is 1.00 bits per heavy atom. The highest BCUT2D eigenvalue weighted by Crippen LogP contribution is 2.31. The van der Waals surface area contributed by atoms with Crippen molar-refractivity contribution in [3.8, 4) is 0 Å². The van der Waals surface area contributed by atoms with Crippen molar-refractivity contribution >= 4 is 5.84 Å². The molecule has 0 aromatic rings. The molecule has 2 aliphatic rings. The molecule has 0 aliphatic heterocycles.